The van der Waals surface area contributed by atoms with E-state index in [0.29, 0.717) is 26.2 Å². The highest BCUT2D eigenvalue weighted by atomic mass is 35.5. The van der Waals surface area contributed by atoms with Gasteiger partial charge in [0.25, 0.3) is 11.8 Å². The predicted octanol–water partition coefficient (Wildman–Crippen LogP) is 6.69. The van der Waals surface area contributed by atoms with E-state index in [0.717, 1.165) is 16.0 Å². The molecular formula is C24H17Cl2NO2S. The largest absolute Gasteiger partial charge is 0.272 e. The van der Waals surface area contributed by atoms with Crippen LogP contribution in [0.15, 0.2) is 76.5 Å². The molecule has 0 unspecified atom stereocenters. The molecule has 0 bridgehead atoms. The minimum atomic E-state index is -0.396. The molecule has 1 aliphatic heterocycles. The quantitative estimate of drug-likeness (QED) is 0.413. The molecule has 0 radical (unpaired) electrons. The lowest BCUT2D eigenvalue weighted by Crippen LogP contribution is -2.31. The molecule has 3 nitrogen and oxygen atoms in total. The van der Waals surface area contributed by atoms with Crippen LogP contribution in [-0.2, 0) is 9.59 Å². The number of rotatable bonds is 4. The van der Waals surface area contributed by atoms with E-state index in [2.05, 4.69) is 0 Å². The molecule has 1 heterocycles. The molecule has 3 aromatic rings. The number of carbonyl (C=O) groups is 2. The molecule has 30 heavy (non-hydrogen) atoms. The van der Waals surface area contributed by atoms with Crippen molar-refractivity contribution in [1.82, 2.24) is 0 Å². The van der Waals surface area contributed by atoms with Crippen LogP contribution in [-0.4, -0.2) is 11.8 Å². The van der Waals surface area contributed by atoms with Gasteiger partial charge in [-0.3, -0.25) is 9.59 Å². The number of hydrogen-bond donors (Lipinski definition) is 0. The summed E-state index contributed by atoms with van der Waals surface area (Å²) in [7, 11) is 0. The highest BCUT2D eigenvalue weighted by Crippen LogP contribution is 2.43. The van der Waals surface area contributed by atoms with Crippen LogP contribution in [0.2, 0.25) is 10.0 Å². The van der Waals surface area contributed by atoms with Crippen LogP contribution in [0.4, 0.5) is 5.69 Å². The van der Waals surface area contributed by atoms with Gasteiger partial charge in [0.2, 0.25) is 0 Å². The standard InChI is InChI=1S/C24H17Cl2NO2S/c1-14-10-15(2)12-17(11-14)27-23(28)21(19-9-8-16(25)13-20(19)26)22(24(27)29)30-18-6-4-3-5-7-18/h3-13H,1-2H3. The third-order valence-corrected chi connectivity index (χ3v) is 6.31. The lowest BCUT2D eigenvalue weighted by atomic mass is 10.1. The highest BCUT2D eigenvalue weighted by molar-refractivity contribution is 8.04. The zero-order chi connectivity index (χ0) is 21.4. The monoisotopic (exact) mass is 453 g/mol. The summed E-state index contributed by atoms with van der Waals surface area (Å²) in [6.45, 7) is 3.87. The maximum Gasteiger partial charge on any atom is 0.272 e. The number of imide groups is 1. The fraction of sp³-hybridized carbons (Fsp3) is 0.0833. The molecule has 0 aromatic heterocycles. The summed E-state index contributed by atoms with van der Waals surface area (Å²) in [5.74, 6) is -0.757. The van der Waals surface area contributed by atoms with Gasteiger partial charge in [-0.25, -0.2) is 4.90 Å². The van der Waals surface area contributed by atoms with Crippen LogP contribution in [0.3, 0.4) is 0 Å². The van der Waals surface area contributed by atoms with Crippen molar-refractivity contribution in [2.24, 2.45) is 0 Å². The van der Waals surface area contributed by atoms with Gasteiger partial charge in [0.05, 0.1) is 21.2 Å². The molecule has 3 aromatic carbocycles. The lowest BCUT2D eigenvalue weighted by Gasteiger charge is -2.17. The van der Waals surface area contributed by atoms with Crippen LogP contribution >= 0.6 is 35.0 Å². The van der Waals surface area contributed by atoms with Crippen molar-refractivity contribution >= 4 is 58.0 Å². The van der Waals surface area contributed by atoms with Crippen LogP contribution in [0.1, 0.15) is 16.7 Å². The number of amides is 2. The van der Waals surface area contributed by atoms with Gasteiger partial charge in [-0.15, -0.1) is 0 Å². The average molecular weight is 454 g/mol. The second-order valence-corrected chi connectivity index (χ2v) is 8.96. The van der Waals surface area contributed by atoms with Gasteiger partial charge in [0.1, 0.15) is 0 Å². The van der Waals surface area contributed by atoms with E-state index in [1.807, 2.05) is 62.4 Å². The second kappa shape index (κ2) is 8.31. The van der Waals surface area contributed by atoms with Crippen molar-refractivity contribution in [3.05, 3.63) is 98.4 Å². The minimum Gasteiger partial charge on any atom is -0.268 e. The summed E-state index contributed by atoms with van der Waals surface area (Å²) in [6, 6.07) is 20.1. The number of benzene rings is 3. The first-order chi connectivity index (χ1) is 14.3. The highest BCUT2D eigenvalue weighted by Gasteiger charge is 2.41. The number of aryl methyl sites for hydroxylation is 2. The number of nitrogens with zero attached hydrogens (tertiary/aromatic N) is 1. The number of thioether (sulfide) groups is 1. The Balaban J connectivity index is 1.88. The Bertz CT molecular complexity index is 1180. The van der Waals surface area contributed by atoms with Gasteiger partial charge in [0, 0.05) is 15.5 Å². The van der Waals surface area contributed by atoms with Gasteiger partial charge >= 0.3 is 0 Å². The number of carbonyl (C=O) groups excluding carboxylic acids is 2. The third-order valence-electron chi connectivity index (χ3n) is 4.67. The molecule has 2 amide bonds. The van der Waals surface area contributed by atoms with Crippen molar-refractivity contribution in [3.8, 4) is 0 Å². The number of halogens is 2. The molecule has 0 atom stereocenters. The zero-order valence-corrected chi connectivity index (χ0v) is 18.6. The first-order valence-corrected chi connectivity index (χ1v) is 10.8. The Morgan fingerprint density at radius 3 is 2.10 bits per heavy atom. The van der Waals surface area contributed by atoms with Crippen molar-refractivity contribution in [2.75, 3.05) is 4.90 Å². The van der Waals surface area contributed by atoms with Gasteiger partial charge in [-0.1, -0.05) is 65.3 Å². The third kappa shape index (κ3) is 3.91. The Hall–Kier alpha value is -2.53. The molecule has 150 valence electrons. The smallest absolute Gasteiger partial charge is 0.268 e. The molecule has 0 spiro atoms. The summed E-state index contributed by atoms with van der Waals surface area (Å²) in [5, 5.41) is 0.789. The van der Waals surface area contributed by atoms with E-state index in [1.54, 1.807) is 18.2 Å². The van der Waals surface area contributed by atoms with Crippen LogP contribution in [0, 0.1) is 13.8 Å². The number of hydrogen-bond acceptors (Lipinski definition) is 3. The summed E-state index contributed by atoms with van der Waals surface area (Å²) >= 11 is 13.7. The molecule has 6 heteroatoms. The maximum absolute atomic E-state index is 13.5. The fourth-order valence-corrected chi connectivity index (χ4v) is 4.96. The van der Waals surface area contributed by atoms with Gasteiger partial charge in [0.15, 0.2) is 0 Å². The zero-order valence-electron chi connectivity index (χ0n) is 16.3. The van der Waals surface area contributed by atoms with Gasteiger partial charge in [-0.2, -0.15) is 0 Å². The van der Waals surface area contributed by atoms with Crippen molar-refractivity contribution in [3.63, 3.8) is 0 Å². The Kier molecular flexibility index (Phi) is 5.74. The van der Waals surface area contributed by atoms with Crippen molar-refractivity contribution in [1.29, 1.82) is 0 Å². The molecule has 0 saturated carbocycles. The Morgan fingerprint density at radius 2 is 1.47 bits per heavy atom. The van der Waals surface area contributed by atoms with Crippen LogP contribution < -0.4 is 4.90 Å². The normalized spacial score (nSPS) is 14.1. The SMILES string of the molecule is Cc1cc(C)cc(N2C(=O)C(Sc3ccccc3)=C(c3ccc(Cl)cc3Cl)C2=O)c1. The van der Waals surface area contributed by atoms with Crippen LogP contribution in [0.25, 0.3) is 5.57 Å². The summed E-state index contributed by atoms with van der Waals surface area (Å²) in [4.78, 5) is 29.4. The summed E-state index contributed by atoms with van der Waals surface area (Å²) in [6.07, 6.45) is 0. The van der Waals surface area contributed by atoms with Gasteiger partial charge < -0.3 is 0 Å². The molecule has 0 N–H and O–H groups in total. The van der Waals surface area contributed by atoms with E-state index < -0.39 is 5.91 Å². The van der Waals surface area contributed by atoms with E-state index in [1.165, 1.54) is 16.7 Å². The summed E-state index contributed by atoms with van der Waals surface area (Å²) in [5.41, 5.74) is 3.27. The fourth-order valence-electron chi connectivity index (χ4n) is 3.45. The van der Waals surface area contributed by atoms with Gasteiger partial charge in [-0.05, 0) is 61.4 Å². The van der Waals surface area contributed by atoms with E-state index in [-0.39, 0.29) is 11.5 Å². The van der Waals surface area contributed by atoms with Crippen molar-refractivity contribution in [2.45, 2.75) is 18.7 Å². The molecule has 0 aliphatic carbocycles. The van der Waals surface area contributed by atoms with Crippen molar-refractivity contribution < 1.29 is 9.59 Å². The minimum absolute atomic E-state index is 0.287. The number of anilines is 1. The molecule has 1 aliphatic rings. The lowest BCUT2D eigenvalue weighted by molar-refractivity contribution is -0.119. The first kappa shape index (κ1) is 20.7. The second-order valence-electron chi connectivity index (χ2n) is 7.04. The van der Waals surface area contributed by atoms with E-state index in [4.69, 9.17) is 23.2 Å². The topological polar surface area (TPSA) is 37.4 Å². The average Bonchev–Trinajstić information content (AvgIpc) is 2.92. The first-order valence-electron chi connectivity index (χ1n) is 9.25. The molecule has 0 saturated heterocycles. The van der Waals surface area contributed by atoms with E-state index in [9.17, 15) is 9.59 Å². The summed E-state index contributed by atoms with van der Waals surface area (Å²) < 4.78 is 0. The Labute approximate surface area is 189 Å². The molecule has 4 rings (SSSR count). The van der Waals surface area contributed by atoms with Crippen LogP contribution in [0.5, 0.6) is 0 Å². The molecule has 0 fully saturated rings. The van der Waals surface area contributed by atoms with E-state index >= 15 is 0 Å². The molecular weight excluding hydrogens is 437 g/mol. The predicted molar refractivity (Wildman–Crippen MR) is 124 cm³/mol. The maximum atomic E-state index is 13.5. The Morgan fingerprint density at radius 1 is 0.800 bits per heavy atom.